The van der Waals surface area contributed by atoms with E-state index in [1.54, 1.807) is 25.2 Å². The van der Waals surface area contributed by atoms with Gasteiger partial charge in [0.2, 0.25) is 0 Å². The van der Waals surface area contributed by atoms with E-state index in [0.29, 0.717) is 22.0 Å². The Morgan fingerprint density at radius 2 is 1.76 bits per heavy atom. The Morgan fingerprint density at radius 3 is 2.19 bits per heavy atom. The number of carbonyl (C=O) groups excluding carboxylic acids is 1. The number of benzene rings is 1. The lowest BCUT2D eigenvalue weighted by Crippen LogP contribution is -2.49. The molecule has 1 atom stereocenters. The number of amides is 1. The zero-order chi connectivity index (χ0) is 15.8. The molecule has 1 aromatic rings. The van der Waals surface area contributed by atoms with Crippen molar-refractivity contribution in [1.29, 1.82) is 0 Å². The molecule has 1 aliphatic rings. The van der Waals surface area contributed by atoms with Gasteiger partial charge in [-0.1, -0.05) is 23.2 Å². The topological polar surface area (TPSA) is 57.7 Å². The fourth-order valence-electron chi connectivity index (χ4n) is 2.45. The average molecular weight is 351 g/mol. The number of hydrogen-bond donors (Lipinski definition) is 0. The third-order valence-electron chi connectivity index (χ3n) is 3.30. The Balaban J connectivity index is 2.32. The number of hydrogen-bond acceptors (Lipinski definition) is 4. The summed E-state index contributed by atoms with van der Waals surface area (Å²) >= 11 is 11.8. The van der Waals surface area contributed by atoms with Crippen LogP contribution in [0, 0.1) is 0 Å². The summed E-state index contributed by atoms with van der Waals surface area (Å²) in [4.78, 5) is 12.7. The summed E-state index contributed by atoms with van der Waals surface area (Å²) in [6, 6.07) is 4.22. The molecule has 5 nitrogen and oxygen atoms in total. The first-order valence-corrected chi connectivity index (χ1v) is 8.94. The molecule has 1 aromatic carbocycles. The van der Waals surface area contributed by atoms with E-state index in [4.69, 9.17) is 23.2 Å². The quantitative estimate of drug-likeness (QED) is 0.783. The zero-order valence-electron chi connectivity index (χ0n) is 11.7. The van der Waals surface area contributed by atoms with E-state index in [9.17, 15) is 13.2 Å². The monoisotopic (exact) mass is 350 g/mol. The van der Waals surface area contributed by atoms with E-state index in [1.165, 1.54) is 17.1 Å². The van der Waals surface area contributed by atoms with E-state index < -0.39 is 9.84 Å². The van der Waals surface area contributed by atoms with Crippen LogP contribution in [-0.2, 0) is 9.84 Å². The standard InChI is InChI=1S/C13H16Cl2N2O3S/c1-16(2)17(12-3-4-21(19,20)8-12)13(18)9-5-10(14)7-11(15)6-9/h5-7,12H,3-4,8H2,1-2H3/t12-/m1/s1. The van der Waals surface area contributed by atoms with E-state index >= 15 is 0 Å². The van der Waals surface area contributed by atoms with Gasteiger partial charge in [0.1, 0.15) is 0 Å². The number of carbonyl (C=O) groups is 1. The van der Waals surface area contributed by atoms with Crippen molar-refractivity contribution in [3.05, 3.63) is 33.8 Å². The molecule has 21 heavy (non-hydrogen) atoms. The van der Waals surface area contributed by atoms with Crippen LogP contribution in [0.3, 0.4) is 0 Å². The van der Waals surface area contributed by atoms with Crippen molar-refractivity contribution < 1.29 is 13.2 Å². The predicted octanol–water partition coefficient (Wildman–Crippen LogP) is 2.10. The predicted molar refractivity (Wildman–Crippen MR) is 83.4 cm³/mol. The molecule has 0 unspecified atom stereocenters. The summed E-state index contributed by atoms with van der Waals surface area (Å²) < 4.78 is 23.3. The Kier molecular flexibility index (Phi) is 4.82. The van der Waals surface area contributed by atoms with Crippen molar-refractivity contribution in [1.82, 2.24) is 10.0 Å². The molecule has 0 saturated carbocycles. The van der Waals surface area contributed by atoms with Crippen LogP contribution in [0.1, 0.15) is 16.8 Å². The summed E-state index contributed by atoms with van der Waals surface area (Å²) in [5.41, 5.74) is 0.338. The molecular weight excluding hydrogens is 335 g/mol. The average Bonchev–Trinajstić information content (AvgIpc) is 2.67. The number of halogens is 2. The Labute approximate surface area is 134 Å². The smallest absolute Gasteiger partial charge is 0.268 e. The van der Waals surface area contributed by atoms with Gasteiger partial charge in [0, 0.05) is 29.7 Å². The van der Waals surface area contributed by atoms with Crippen LogP contribution >= 0.6 is 23.2 Å². The molecule has 1 saturated heterocycles. The molecule has 116 valence electrons. The molecule has 0 N–H and O–H groups in total. The summed E-state index contributed by atoms with van der Waals surface area (Å²) in [5.74, 6) is -0.233. The van der Waals surface area contributed by atoms with Gasteiger partial charge < -0.3 is 0 Å². The highest BCUT2D eigenvalue weighted by atomic mass is 35.5. The Hall–Kier alpha value is -0.820. The Bertz CT molecular complexity index is 641. The zero-order valence-corrected chi connectivity index (χ0v) is 14.0. The molecule has 0 spiro atoms. The molecule has 0 radical (unpaired) electrons. The van der Waals surface area contributed by atoms with Crippen LogP contribution in [0.25, 0.3) is 0 Å². The molecular formula is C13H16Cl2N2O3S. The summed E-state index contributed by atoms with van der Waals surface area (Å²) in [6.07, 6.45) is 0.431. The van der Waals surface area contributed by atoms with Crippen molar-refractivity contribution in [3.8, 4) is 0 Å². The van der Waals surface area contributed by atoms with Crippen LogP contribution in [0.4, 0.5) is 0 Å². The van der Waals surface area contributed by atoms with Crippen molar-refractivity contribution in [2.75, 3.05) is 25.6 Å². The van der Waals surface area contributed by atoms with Crippen LogP contribution in [0.2, 0.25) is 10.0 Å². The minimum atomic E-state index is -3.08. The first-order valence-electron chi connectivity index (χ1n) is 6.37. The normalized spacial score (nSPS) is 20.7. The molecule has 2 rings (SSSR count). The second-order valence-corrected chi connectivity index (χ2v) is 8.31. The third kappa shape index (κ3) is 3.88. The highest BCUT2D eigenvalue weighted by Gasteiger charge is 2.36. The molecule has 1 aliphatic heterocycles. The van der Waals surface area contributed by atoms with E-state index in [-0.39, 0.29) is 23.5 Å². The van der Waals surface area contributed by atoms with Gasteiger partial charge in [-0.15, -0.1) is 0 Å². The second-order valence-electron chi connectivity index (χ2n) is 5.21. The van der Waals surface area contributed by atoms with Gasteiger partial charge in [-0.25, -0.2) is 13.4 Å². The van der Waals surface area contributed by atoms with Gasteiger partial charge in [-0.05, 0) is 24.6 Å². The number of sulfone groups is 1. The van der Waals surface area contributed by atoms with Gasteiger partial charge in [0.15, 0.2) is 9.84 Å². The van der Waals surface area contributed by atoms with Crippen molar-refractivity contribution >= 4 is 38.9 Å². The van der Waals surface area contributed by atoms with Gasteiger partial charge in [-0.3, -0.25) is 9.80 Å². The van der Waals surface area contributed by atoms with Crippen molar-refractivity contribution in [2.45, 2.75) is 12.5 Å². The maximum Gasteiger partial charge on any atom is 0.268 e. The summed E-state index contributed by atoms with van der Waals surface area (Å²) in [5, 5.41) is 3.78. The minimum Gasteiger partial charge on any atom is -0.268 e. The van der Waals surface area contributed by atoms with Gasteiger partial charge in [0.05, 0.1) is 17.5 Å². The second kappa shape index (κ2) is 6.12. The molecule has 0 aromatic heterocycles. The lowest BCUT2D eigenvalue weighted by molar-refractivity contribution is 0.00101. The van der Waals surface area contributed by atoms with Gasteiger partial charge in [-0.2, -0.15) is 0 Å². The van der Waals surface area contributed by atoms with Crippen LogP contribution in [-0.4, -0.2) is 56.0 Å². The van der Waals surface area contributed by atoms with E-state index in [0.717, 1.165) is 0 Å². The first kappa shape index (κ1) is 16.5. The Morgan fingerprint density at radius 1 is 1.19 bits per heavy atom. The van der Waals surface area contributed by atoms with E-state index in [1.807, 2.05) is 0 Å². The van der Waals surface area contributed by atoms with Crippen LogP contribution in [0.15, 0.2) is 18.2 Å². The molecule has 1 heterocycles. The molecule has 8 heteroatoms. The maximum atomic E-state index is 12.7. The van der Waals surface area contributed by atoms with Crippen LogP contribution in [0.5, 0.6) is 0 Å². The number of nitrogens with zero attached hydrogens (tertiary/aromatic N) is 2. The minimum absolute atomic E-state index is 0.0226. The fourth-order valence-corrected chi connectivity index (χ4v) is 4.67. The number of hydrazine groups is 1. The first-order chi connectivity index (χ1) is 9.69. The highest BCUT2D eigenvalue weighted by molar-refractivity contribution is 7.91. The summed E-state index contributed by atoms with van der Waals surface area (Å²) in [7, 11) is 0.328. The molecule has 1 fully saturated rings. The third-order valence-corrected chi connectivity index (χ3v) is 5.49. The molecule has 0 bridgehead atoms. The van der Waals surface area contributed by atoms with Crippen LogP contribution < -0.4 is 0 Å². The van der Waals surface area contributed by atoms with Crippen molar-refractivity contribution in [2.24, 2.45) is 0 Å². The maximum absolute atomic E-state index is 12.7. The lowest BCUT2D eigenvalue weighted by atomic mass is 10.1. The van der Waals surface area contributed by atoms with Gasteiger partial charge >= 0.3 is 0 Å². The molecule has 0 aliphatic carbocycles. The highest BCUT2D eigenvalue weighted by Crippen LogP contribution is 2.24. The number of rotatable bonds is 3. The molecule has 1 amide bonds. The lowest BCUT2D eigenvalue weighted by Gasteiger charge is -2.33. The SMILES string of the molecule is CN(C)N(C(=O)c1cc(Cl)cc(Cl)c1)[C@@H]1CCS(=O)(=O)C1. The van der Waals surface area contributed by atoms with Crippen molar-refractivity contribution in [3.63, 3.8) is 0 Å². The largest absolute Gasteiger partial charge is 0.268 e. The van der Waals surface area contributed by atoms with Gasteiger partial charge in [0.25, 0.3) is 5.91 Å². The van der Waals surface area contributed by atoms with E-state index in [2.05, 4.69) is 0 Å². The summed E-state index contributed by atoms with van der Waals surface area (Å²) in [6.45, 7) is 0. The fraction of sp³-hybridized carbons (Fsp3) is 0.462.